The van der Waals surface area contributed by atoms with Gasteiger partial charge in [0.1, 0.15) is 0 Å². The summed E-state index contributed by atoms with van der Waals surface area (Å²) in [6, 6.07) is 12.1. The molecular weight excluding hydrogens is 210 g/mol. The highest BCUT2D eigenvalue weighted by molar-refractivity contribution is 5.44. The number of hydrogen-bond donors (Lipinski definition) is 2. The van der Waals surface area contributed by atoms with Crippen LogP contribution >= 0.6 is 0 Å². The van der Waals surface area contributed by atoms with Gasteiger partial charge < -0.3 is 11.5 Å². The Balaban J connectivity index is 1.98. The predicted octanol–water partition coefficient (Wildman–Crippen LogP) is 1.78. The normalized spacial score (nSPS) is 12.3. The molecule has 0 saturated carbocycles. The van der Waals surface area contributed by atoms with Gasteiger partial charge in [-0.25, -0.2) is 0 Å². The average Bonchev–Trinajstić information content (AvgIpc) is 2.33. The van der Waals surface area contributed by atoms with E-state index in [0.717, 1.165) is 24.1 Å². The monoisotopic (exact) mass is 227 g/mol. The summed E-state index contributed by atoms with van der Waals surface area (Å²) in [5.41, 5.74) is 15.0. The molecular formula is C14H17N3. The summed E-state index contributed by atoms with van der Waals surface area (Å²) in [7, 11) is 0. The van der Waals surface area contributed by atoms with Gasteiger partial charge in [0.2, 0.25) is 0 Å². The number of nitrogens with two attached hydrogens (primary N) is 2. The van der Waals surface area contributed by atoms with Gasteiger partial charge in [-0.15, -0.1) is 0 Å². The summed E-state index contributed by atoms with van der Waals surface area (Å²) >= 11 is 0. The van der Waals surface area contributed by atoms with Crippen molar-refractivity contribution in [3.05, 3.63) is 59.9 Å². The highest BCUT2D eigenvalue weighted by atomic mass is 14.7. The first-order valence-corrected chi connectivity index (χ1v) is 5.73. The number of anilines is 1. The summed E-state index contributed by atoms with van der Waals surface area (Å²) in [6.45, 7) is 0. The SMILES string of the molecule is Nc1ccncc1CC(N)Cc1ccccc1. The molecule has 1 unspecified atom stereocenters. The zero-order valence-corrected chi connectivity index (χ0v) is 9.71. The van der Waals surface area contributed by atoms with Crippen LogP contribution in [0.4, 0.5) is 5.69 Å². The summed E-state index contributed by atoms with van der Waals surface area (Å²) < 4.78 is 0. The van der Waals surface area contributed by atoms with Gasteiger partial charge in [-0.3, -0.25) is 4.98 Å². The van der Waals surface area contributed by atoms with Crippen LogP contribution in [0, 0.1) is 0 Å². The molecule has 17 heavy (non-hydrogen) atoms. The van der Waals surface area contributed by atoms with Crippen molar-refractivity contribution in [2.24, 2.45) is 5.73 Å². The molecule has 4 N–H and O–H groups in total. The zero-order chi connectivity index (χ0) is 12.1. The van der Waals surface area contributed by atoms with E-state index in [-0.39, 0.29) is 6.04 Å². The minimum atomic E-state index is 0.0731. The van der Waals surface area contributed by atoms with E-state index in [1.807, 2.05) is 24.3 Å². The van der Waals surface area contributed by atoms with Gasteiger partial charge in [-0.2, -0.15) is 0 Å². The quantitative estimate of drug-likeness (QED) is 0.836. The van der Waals surface area contributed by atoms with E-state index >= 15 is 0 Å². The molecule has 1 heterocycles. The largest absolute Gasteiger partial charge is 0.398 e. The highest BCUT2D eigenvalue weighted by Gasteiger charge is 2.07. The molecule has 1 aromatic heterocycles. The van der Waals surface area contributed by atoms with Gasteiger partial charge in [0, 0.05) is 24.1 Å². The Labute approximate surface area is 101 Å². The third-order valence-electron chi connectivity index (χ3n) is 2.76. The first-order valence-electron chi connectivity index (χ1n) is 5.73. The number of nitrogen functional groups attached to an aromatic ring is 1. The van der Waals surface area contributed by atoms with Crippen LogP contribution in [0.15, 0.2) is 48.8 Å². The Morgan fingerprint density at radius 1 is 1.06 bits per heavy atom. The van der Waals surface area contributed by atoms with Crippen molar-refractivity contribution in [1.82, 2.24) is 4.98 Å². The van der Waals surface area contributed by atoms with Crippen LogP contribution in [0.25, 0.3) is 0 Å². The Hall–Kier alpha value is -1.87. The molecule has 0 fully saturated rings. The molecule has 0 radical (unpaired) electrons. The van der Waals surface area contributed by atoms with Crippen LogP contribution in [0.1, 0.15) is 11.1 Å². The maximum atomic E-state index is 6.12. The molecule has 3 heteroatoms. The van der Waals surface area contributed by atoms with Gasteiger partial charge in [0.15, 0.2) is 0 Å². The van der Waals surface area contributed by atoms with Crippen LogP contribution in [0.5, 0.6) is 0 Å². The van der Waals surface area contributed by atoms with Crippen LogP contribution in [-0.2, 0) is 12.8 Å². The average molecular weight is 227 g/mol. The molecule has 0 aliphatic heterocycles. The fourth-order valence-electron chi connectivity index (χ4n) is 1.88. The van der Waals surface area contributed by atoms with E-state index in [0.29, 0.717) is 0 Å². The van der Waals surface area contributed by atoms with E-state index in [9.17, 15) is 0 Å². The van der Waals surface area contributed by atoms with Crippen molar-refractivity contribution in [1.29, 1.82) is 0 Å². The van der Waals surface area contributed by atoms with E-state index in [4.69, 9.17) is 11.5 Å². The molecule has 0 spiro atoms. The van der Waals surface area contributed by atoms with Gasteiger partial charge in [-0.1, -0.05) is 30.3 Å². The van der Waals surface area contributed by atoms with E-state index < -0.39 is 0 Å². The molecule has 3 nitrogen and oxygen atoms in total. The number of aromatic nitrogens is 1. The van der Waals surface area contributed by atoms with Crippen LogP contribution < -0.4 is 11.5 Å². The van der Waals surface area contributed by atoms with Crippen molar-refractivity contribution < 1.29 is 0 Å². The molecule has 0 aliphatic carbocycles. The van der Waals surface area contributed by atoms with Crippen LogP contribution in [-0.4, -0.2) is 11.0 Å². The molecule has 0 aliphatic rings. The maximum absolute atomic E-state index is 6.12. The Morgan fingerprint density at radius 3 is 2.53 bits per heavy atom. The topological polar surface area (TPSA) is 64.9 Å². The predicted molar refractivity (Wildman–Crippen MR) is 70.5 cm³/mol. The van der Waals surface area contributed by atoms with Crippen molar-refractivity contribution in [3.63, 3.8) is 0 Å². The van der Waals surface area contributed by atoms with Gasteiger partial charge in [-0.05, 0) is 30.0 Å². The van der Waals surface area contributed by atoms with E-state index in [1.165, 1.54) is 5.56 Å². The lowest BCUT2D eigenvalue weighted by atomic mass is 10.00. The second kappa shape index (κ2) is 5.46. The van der Waals surface area contributed by atoms with Gasteiger partial charge in [0.25, 0.3) is 0 Å². The first kappa shape index (κ1) is 11.6. The fourth-order valence-corrected chi connectivity index (χ4v) is 1.88. The Bertz CT molecular complexity index is 468. The number of benzene rings is 1. The standard InChI is InChI=1S/C14H17N3/c15-13(8-11-4-2-1-3-5-11)9-12-10-17-7-6-14(12)16/h1-7,10,13H,8-9,15H2,(H2,16,17). The minimum Gasteiger partial charge on any atom is -0.398 e. The molecule has 1 atom stereocenters. The fraction of sp³-hybridized carbons (Fsp3) is 0.214. The number of hydrogen-bond acceptors (Lipinski definition) is 3. The lowest BCUT2D eigenvalue weighted by Crippen LogP contribution is -2.26. The summed E-state index contributed by atoms with van der Waals surface area (Å²) in [6.07, 6.45) is 5.10. The Kier molecular flexibility index (Phi) is 3.73. The van der Waals surface area contributed by atoms with Gasteiger partial charge in [0.05, 0.1) is 0 Å². The molecule has 0 saturated heterocycles. The summed E-state index contributed by atoms with van der Waals surface area (Å²) in [5.74, 6) is 0. The lowest BCUT2D eigenvalue weighted by Gasteiger charge is -2.12. The maximum Gasteiger partial charge on any atom is 0.0378 e. The minimum absolute atomic E-state index is 0.0731. The molecule has 0 amide bonds. The van der Waals surface area contributed by atoms with Gasteiger partial charge >= 0.3 is 0 Å². The van der Waals surface area contributed by atoms with Crippen molar-refractivity contribution >= 4 is 5.69 Å². The molecule has 0 bridgehead atoms. The van der Waals surface area contributed by atoms with Crippen LogP contribution in [0.2, 0.25) is 0 Å². The zero-order valence-electron chi connectivity index (χ0n) is 9.71. The van der Waals surface area contributed by atoms with Crippen molar-refractivity contribution in [2.75, 3.05) is 5.73 Å². The molecule has 2 aromatic rings. The number of nitrogens with zero attached hydrogens (tertiary/aromatic N) is 1. The Morgan fingerprint density at radius 2 is 1.82 bits per heavy atom. The third-order valence-corrected chi connectivity index (χ3v) is 2.76. The van der Waals surface area contributed by atoms with E-state index in [2.05, 4.69) is 17.1 Å². The number of pyridine rings is 1. The molecule has 1 aromatic carbocycles. The molecule has 88 valence electrons. The summed E-state index contributed by atoms with van der Waals surface area (Å²) in [4.78, 5) is 4.07. The van der Waals surface area contributed by atoms with E-state index in [1.54, 1.807) is 12.4 Å². The third kappa shape index (κ3) is 3.29. The summed E-state index contributed by atoms with van der Waals surface area (Å²) in [5, 5.41) is 0. The second-order valence-corrected chi connectivity index (χ2v) is 4.23. The van der Waals surface area contributed by atoms with Crippen LogP contribution in [0.3, 0.4) is 0 Å². The first-order chi connectivity index (χ1) is 8.25. The lowest BCUT2D eigenvalue weighted by molar-refractivity contribution is 0.664. The number of rotatable bonds is 4. The molecule has 2 rings (SSSR count). The highest BCUT2D eigenvalue weighted by Crippen LogP contribution is 2.12. The smallest absolute Gasteiger partial charge is 0.0378 e. The van der Waals surface area contributed by atoms with Crippen molar-refractivity contribution in [3.8, 4) is 0 Å². The van der Waals surface area contributed by atoms with Crippen molar-refractivity contribution in [2.45, 2.75) is 18.9 Å². The second-order valence-electron chi connectivity index (χ2n) is 4.23.